The number of benzene rings is 1. The summed E-state index contributed by atoms with van der Waals surface area (Å²) in [5, 5.41) is 9.93. The molecule has 0 bridgehead atoms. The Morgan fingerprint density at radius 1 is 1.45 bits per heavy atom. The Kier molecular flexibility index (Phi) is 4.27. The van der Waals surface area contributed by atoms with Crippen molar-refractivity contribution in [3.8, 4) is 5.75 Å². The molecule has 0 radical (unpaired) electrons. The number of amides is 2. The van der Waals surface area contributed by atoms with Crippen LogP contribution in [-0.4, -0.2) is 28.5 Å². The minimum atomic E-state index is -0.232. The zero-order chi connectivity index (χ0) is 15.4. The molecule has 0 saturated heterocycles. The van der Waals surface area contributed by atoms with Crippen LogP contribution in [0, 0.1) is 0 Å². The van der Waals surface area contributed by atoms with E-state index < -0.39 is 0 Å². The average Bonchev–Trinajstić information content (AvgIpc) is 2.94. The molecule has 2 aromatic rings. The van der Waals surface area contributed by atoms with Gasteiger partial charge in [0.25, 0.3) is 0 Å². The molecule has 0 spiro atoms. The molecule has 1 unspecified atom stereocenters. The van der Waals surface area contributed by atoms with Crippen molar-refractivity contribution in [2.45, 2.75) is 32.4 Å². The van der Waals surface area contributed by atoms with Crippen LogP contribution in [0.4, 0.5) is 10.5 Å². The molecular weight excluding hydrogens is 280 g/mol. The van der Waals surface area contributed by atoms with Gasteiger partial charge in [0.1, 0.15) is 12.4 Å². The molecule has 22 heavy (non-hydrogen) atoms. The summed E-state index contributed by atoms with van der Waals surface area (Å²) in [5.41, 5.74) is 1.82. The van der Waals surface area contributed by atoms with Crippen LogP contribution in [0.25, 0.3) is 0 Å². The summed E-state index contributed by atoms with van der Waals surface area (Å²) in [4.78, 5) is 12.0. The molecule has 1 aliphatic heterocycles. The summed E-state index contributed by atoms with van der Waals surface area (Å²) in [6.07, 6.45) is 5.27. The van der Waals surface area contributed by atoms with Gasteiger partial charge in [-0.05, 0) is 24.5 Å². The lowest BCUT2D eigenvalue weighted by atomic mass is 10.0. The van der Waals surface area contributed by atoms with Crippen molar-refractivity contribution < 1.29 is 9.53 Å². The molecule has 6 heteroatoms. The summed E-state index contributed by atoms with van der Waals surface area (Å²) >= 11 is 0. The van der Waals surface area contributed by atoms with Crippen molar-refractivity contribution in [1.29, 1.82) is 0 Å². The predicted octanol–water partition coefficient (Wildman–Crippen LogP) is 2.42. The Morgan fingerprint density at radius 2 is 2.32 bits per heavy atom. The third-order valence-corrected chi connectivity index (χ3v) is 3.56. The standard InChI is InChI=1S/C16H20N4O2/c1-2-7-20-10-14(9-17-20)19-16(21)18-13-8-12-5-3-4-6-15(12)22-11-13/h3-6,9-10,13H,2,7-8,11H2,1H3,(H2,18,19,21). The number of hydrogen-bond donors (Lipinski definition) is 2. The maximum atomic E-state index is 12.0. The number of nitrogens with zero attached hydrogens (tertiary/aromatic N) is 2. The number of hydrogen-bond acceptors (Lipinski definition) is 3. The van der Waals surface area contributed by atoms with Crippen molar-refractivity contribution in [3.05, 3.63) is 42.2 Å². The van der Waals surface area contributed by atoms with Crippen LogP contribution in [0.2, 0.25) is 0 Å². The van der Waals surface area contributed by atoms with Crippen molar-refractivity contribution >= 4 is 11.7 Å². The van der Waals surface area contributed by atoms with Gasteiger partial charge in [0, 0.05) is 12.7 Å². The monoisotopic (exact) mass is 300 g/mol. The second kappa shape index (κ2) is 6.51. The lowest BCUT2D eigenvalue weighted by molar-refractivity contribution is 0.222. The Labute approximate surface area is 129 Å². The van der Waals surface area contributed by atoms with Crippen LogP contribution in [0.3, 0.4) is 0 Å². The highest BCUT2D eigenvalue weighted by Crippen LogP contribution is 2.23. The number of para-hydroxylation sites is 1. The van der Waals surface area contributed by atoms with Gasteiger partial charge in [-0.2, -0.15) is 5.10 Å². The molecule has 2 amide bonds. The van der Waals surface area contributed by atoms with E-state index in [0.29, 0.717) is 12.3 Å². The number of fused-ring (bicyclic) bond motifs is 1. The van der Waals surface area contributed by atoms with Crippen molar-refractivity contribution in [2.75, 3.05) is 11.9 Å². The first-order valence-corrected chi connectivity index (χ1v) is 7.55. The van der Waals surface area contributed by atoms with Gasteiger partial charge in [0.2, 0.25) is 0 Å². The minimum Gasteiger partial charge on any atom is -0.491 e. The first kappa shape index (κ1) is 14.4. The van der Waals surface area contributed by atoms with Gasteiger partial charge in [-0.15, -0.1) is 0 Å². The molecule has 1 aliphatic rings. The van der Waals surface area contributed by atoms with Gasteiger partial charge in [-0.1, -0.05) is 25.1 Å². The summed E-state index contributed by atoms with van der Waals surface area (Å²) in [7, 11) is 0. The van der Waals surface area contributed by atoms with Crippen molar-refractivity contribution in [1.82, 2.24) is 15.1 Å². The van der Waals surface area contributed by atoms with E-state index >= 15 is 0 Å². The maximum absolute atomic E-state index is 12.0. The van der Waals surface area contributed by atoms with Crippen LogP contribution < -0.4 is 15.4 Å². The quantitative estimate of drug-likeness (QED) is 0.911. The van der Waals surface area contributed by atoms with Crippen LogP contribution >= 0.6 is 0 Å². The highest BCUT2D eigenvalue weighted by Gasteiger charge is 2.21. The minimum absolute atomic E-state index is 0.0272. The number of aryl methyl sites for hydroxylation is 1. The van der Waals surface area contributed by atoms with E-state index in [-0.39, 0.29) is 12.1 Å². The van der Waals surface area contributed by atoms with Gasteiger partial charge < -0.3 is 15.4 Å². The van der Waals surface area contributed by atoms with Crippen LogP contribution in [0.5, 0.6) is 5.75 Å². The summed E-state index contributed by atoms with van der Waals surface area (Å²) in [6.45, 7) is 3.42. The van der Waals surface area contributed by atoms with Gasteiger partial charge in [-0.25, -0.2) is 4.79 Å². The van der Waals surface area contributed by atoms with Crippen LogP contribution in [0.15, 0.2) is 36.7 Å². The number of anilines is 1. The van der Waals surface area contributed by atoms with E-state index in [1.165, 1.54) is 0 Å². The number of carbonyl (C=O) groups is 1. The van der Waals surface area contributed by atoms with E-state index in [9.17, 15) is 4.79 Å². The zero-order valence-corrected chi connectivity index (χ0v) is 12.6. The molecule has 116 valence electrons. The highest BCUT2D eigenvalue weighted by molar-refractivity contribution is 5.89. The summed E-state index contributed by atoms with van der Waals surface area (Å²) < 4.78 is 7.48. The molecule has 1 aromatic carbocycles. The second-order valence-corrected chi connectivity index (χ2v) is 5.41. The van der Waals surface area contributed by atoms with Gasteiger partial charge >= 0.3 is 6.03 Å². The summed E-state index contributed by atoms with van der Waals surface area (Å²) in [6, 6.07) is 7.65. The molecule has 1 aromatic heterocycles. The number of rotatable bonds is 4. The predicted molar refractivity (Wildman–Crippen MR) is 84.1 cm³/mol. The first-order valence-electron chi connectivity index (χ1n) is 7.55. The second-order valence-electron chi connectivity index (χ2n) is 5.41. The van der Waals surface area contributed by atoms with Crippen molar-refractivity contribution in [3.63, 3.8) is 0 Å². The Balaban J connectivity index is 1.54. The Hall–Kier alpha value is -2.50. The highest BCUT2D eigenvalue weighted by atomic mass is 16.5. The molecule has 6 nitrogen and oxygen atoms in total. The van der Waals surface area contributed by atoms with Crippen LogP contribution in [-0.2, 0) is 13.0 Å². The van der Waals surface area contributed by atoms with E-state index in [0.717, 1.165) is 30.7 Å². The fraction of sp³-hybridized carbons (Fsp3) is 0.375. The van der Waals surface area contributed by atoms with Gasteiger partial charge in [0.15, 0.2) is 0 Å². The van der Waals surface area contributed by atoms with E-state index in [4.69, 9.17) is 4.74 Å². The topological polar surface area (TPSA) is 68.2 Å². The molecular formula is C16H20N4O2. The molecule has 1 atom stereocenters. The number of carbonyl (C=O) groups excluding carboxylic acids is 1. The van der Waals surface area contributed by atoms with Crippen LogP contribution in [0.1, 0.15) is 18.9 Å². The normalized spacial score (nSPS) is 16.5. The molecule has 0 fully saturated rings. The average molecular weight is 300 g/mol. The first-order chi connectivity index (χ1) is 10.7. The smallest absolute Gasteiger partial charge is 0.319 e. The molecule has 0 aliphatic carbocycles. The Morgan fingerprint density at radius 3 is 3.18 bits per heavy atom. The number of ether oxygens (including phenoxy) is 1. The number of urea groups is 1. The van der Waals surface area contributed by atoms with Gasteiger partial charge in [-0.3, -0.25) is 4.68 Å². The fourth-order valence-electron chi connectivity index (χ4n) is 2.55. The molecule has 3 rings (SSSR count). The fourth-order valence-corrected chi connectivity index (χ4v) is 2.55. The number of nitrogens with one attached hydrogen (secondary N) is 2. The lowest BCUT2D eigenvalue weighted by Crippen LogP contribution is -2.44. The summed E-state index contributed by atoms with van der Waals surface area (Å²) in [5.74, 6) is 0.904. The molecule has 2 heterocycles. The van der Waals surface area contributed by atoms with E-state index in [1.807, 2.05) is 35.1 Å². The van der Waals surface area contributed by atoms with Crippen molar-refractivity contribution in [2.24, 2.45) is 0 Å². The largest absolute Gasteiger partial charge is 0.491 e. The van der Waals surface area contributed by atoms with E-state index in [1.54, 1.807) is 6.20 Å². The maximum Gasteiger partial charge on any atom is 0.319 e. The zero-order valence-electron chi connectivity index (χ0n) is 12.6. The Bertz CT molecular complexity index is 653. The third kappa shape index (κ3) is 3.39. The SMILES string of the molecule is CCCn1cc(NC(=O)NC2COc3ccccc3C2)cn1. The molecule has 0 saturated carbocycles. The third-order valence-electron chi connectivity index (χ3n) is 3.56. The van der Waals surface area contributed by atoms with E-state index in [2.05, 4.69) is 22.7 Å². The number of aromatic nitrogens is 2. The molecule has 2 N–H and O–H groups in total. The lowest BCUT2D eigenvalue weighted by Gasteiger charge is -2.25. The van der Waals surface area contributed by atoms with Gasteiger partial charge in [0.05, 0.1) is 17.9 Å².